The summed E-state index contributed by atoms with van der Waals surface area (Å²) in [6.07, 6.45) is 0.183. The molecule has 0 bridgehead atoms. The number of hydrogen-bond donors (Lipinski definition) is 0. The molecule has 0 radical (unpaired) electrons. The standard InChI is InChI=1S/C29H26FNO5S/c1-3-36-29(34)27-20(24-9-6-14-37-24)15-23-26(28(27)33)19(17-10-12-18(35-2)13-11-17)16-25(32)31(23)22-8-5-4-7-21(22)30/h4-14,19-20,27H,3,15-16H2,1-2H3/t19-,20+,27+/m0/s1. The zero-order valence-corrected chi connectivity index (χ0v) is 21.3. The molecule has 0 fully saturated rings. The maximum atomic E-state index is 15.0. The van der Waals surface area contributed by atoms with Gasteiger partial charge in [0.05, 0.1) is 19.4 Å². The number of halogens is 1. The van der Waals surface area contributed by atoms with Crippen molar-refractivity contribution in [1.82, 2.24) is 0 Å². The quantitative estimate of drug-likeness (QED) is 0.313. The van der Waals surface area contributed by atoms with Crippen LogP contribution in [0.4, 0.5) is 10.1 Å². The summed E-state index contributed by atoms with van der Waals surface area (Å²) in [7, 11) is 1.56. The molecule has 0 N–H and O–H groups in total. The third-order valence-corrected chi connectivity index (χ3v) is 7.99. The van der Waals surface area contributed by atoms with E-state index in [1.807, 2.05) is 29.6 Å². The van der Waals surface area contributed by atoms with Crippen LogP contribution in [0.15, 0.2) is 77.3 Å². The van der Waals surface area contributed by atoms with Gasteiger partial charge in [-0.1, -0.05) is 30.3 Å². The van der Waals surface area contributed by atoms with Crippen LogP contribution in [0.3, 0.4) is 0 Å². The molecule has 5 rings (SSSR count). The molecule has 1 aliphatic heterocycles. The van der Waals surface area contributed by atoms with Crippen molar-refractivity contribution < 1.29 is 28.2 Å². The SMILES string of the molecule is CCOC(=O)[C@H]1C(=O)C2=C(C[C@@H]1c1cccs1)N(c1ccccc1F)C(=O)C[C@H]2c1ccc(OC)cc1. The number of thiophene rings is 1. The van der Waals surface area contributed by atoms with E-state index in [9.17, 15) is 18.8 Å². The Kier molecular flexibility index (Phi) is 6.93. The lowest BCUT2D eigenvalue weighted by atomic mass is 9.69. The fraction of sp³-hybridized carbons (Fsp3) is 0.276. The van der Waals surface area contributed by atoms with Gasteiger partial charge in [-0.3, -0.25) is 19.3 Å². The summed E-state index contributed by atoms with van der Waals surface area (Å²) >= 11 is 1.44. The summed E-state index contributed by atoms with van der Waals surface area (Å²) < 4.78 is 25.6. The van der Waals surface area contributed by atoms with Crippen LogP contribution >= 0.6 is 11.3 Å². The van der Waals surface area contributed by atoms with Crippen LogP contribution in [0.5, 0.6) is 5.75 Å². The number of ether oxygens (including phenoxy) is 2. The van der Waals surface area contributed by atoms with Crippen molar-refractivity contribution in [2.45, 2.75) is 31.6 Å². The van der Waals surface area contributed by atoms with Gasteiger partial charge in [0.2, 0.25) is 5.91 Å². The molecular formula is C29H26FNO5S. The van der Waals surface area contributed by atoms with E-state index >= 15 is 0 Å². The predicted octanol–water partition coefficient (Wildman–Crippen LogP) is 5.61. The first-order valence-electron chi connectivity index (χ1n) is 12.1. The monoisotopic (exact) mass is 519 g/mol. The number of nitrogens with zero attached hydrogens (tertiary/aromatic N) is 1. The molecule has 0 unspecified atom stereocenters. The number of amides is 1. The molecule has 3 atom stereocenters. The number of esters is 1. The van der Waals surface area contributed by atoms with E-state index in [0.29, 0.717) is 17.0 Å². The molecule has 1 aromatic heterocycles. The van der Waals surface area contributed by atoms with Crippen molar-refractivity contribution >= 4 is 34.7 Å². The van der Waals surface area contributed by atoms with Gasteiger partial charge in [0.25, 0.3) is 0 Å². The molecule has 6 nitrogen and oxygen atoms in total. The normalized spacial score (nSPS) is 21.6. The molecule has 2 aromatic carbocycles. The summed E-state index contributed by atoms with van der Waals surface area (Å²) in [4.78, 5) is 43.2. The molecule has 0 saturated carbocycles. The van der Waals surface area contributed by atoms with E-state index < -0.39 is 29.5 Å². The molecule has 0 spiro atoms. The highest BCUT2D eigenvalue weighted by atomic mass is 32.1. The number of Topliss-reactive ketones (excluding diaryl/α,β-unsaturated/α-hetero) is 1. The van der Waals surface area contributed by atoms with Gasteiger partial charge in [-0.25, -0.2) is 4.39 Å². The molecule has 37 heavy (non-hydrogen) atoms. The van der Waals surface area contributed by atoms with Crippen LogP contribution in [0.1, 0.15) is 42.0 Å². The van der Waals surface area contributed by atoms with Crippen LogP contribution in [-0.2, 0) is 19.1 Å². The van der Waals surface area contributed by atoms with Crippen molar-refractivity contribution in [3.05, 3.63) is 93.6 Å². The number of methoxy groups -OCH3 is 1. The number of ketones is 1. The van der Waals surface area contributed by atoms with Crippen molar-refractivity contribution in [3.8, 4) is 5.75 Å². The lowest BCUT2D eigenvalue weighted by Gasteiger charge is -2.42. The van der Waals surface area contributed by atoms with E-state index in [0.717, 1.165) is 10.4 Å². The Morgan fingerprint density at radius 2 is 1.81 bits per heavy atom. The first kappa shape index (κ1) is 24.9. The van der Waals surface area contributed by atoms with E-state index in [4.69, 9.17) is 9.47 Å². The molecule has 0 saturated heterocycles. The third kappa shape index (κ3) is 4.46. The van der Waals surface area contributed by atoms with Crippen LogP contribution in [-0.4, -0.2) is 31.4 Å². The summed E-state index contributed by atoms with van der Waals surface area (Å²) in [5, 5.41) is 1.88. The number of benzene rings is 2. The first-order chi connectivity index (χ1) is 17.9. The second-order valence-electron chi connectivity index (χ2n) is 8.99. The molecule has 1 amide bonds. The Hall–Kier alpha value is -3.78. The van der Waals surface area contributed by atoms with Gasteiger partial charge in [0.15, 0.2) is 5.78 Å². The Labute approximate surface area is 218 Å². The zero-order valence-electron chi connectivity index (χ0n) is 20.5. The van der Waals surface area contributed by atoms with Gasteiger partial charge in [-0.2, -0.15) is 0 Å². The largest absolute Gasteiger partial charge is 0.497 e. The van der Waals surface area contributed by atoms with E-state index in [-0.39, 0.29) is 36.8 Å². The molecule has 8 heteroatoms. The zero-order chi connectivity index (χ0) is 26.1. The lowest BCUT2D eigenvalue weighted by molar-refractivity contribution is -0.152. The van der Waals surface area contributed by atoms with E-state index in [2.05, 4.69) is 0 Å². The van der Waals surface area contributed by atoms with Crippen LogP contribution < -0.4 is 9.64 Å². The minimum absolute atomic E-state index is 0.0373. The topological polar surface area (TPSA) is 72.9 Å². The number of hydrogen-bond acceptors (Lipinski definition) is 6. The maximum Gasteiger partial charge on any atom is 0.317 e. The summed E-state index contributed by atoms with van der Waals surface area (Å²) in [5.74, 6) is -3.34. The average Bonchev–Trinajstić information content (AvgIpc) is 3.44. The number of allylic oxidation sites excluding steroid dienone is 2. The van der Waals surface area contributed by atoms with Gasteiger partial charge >= 0.3 is 5.97 Å². The van der Waals surface area contributed by atoms with Crippen LogP contribution in [0.25, 0.3) is 0 Å². The summed E-state index contributed by atoms with van der Waals surface area (Å²) in [6, 6.07) is 17.0. The van der Waals surface area contributed by atoms with Crippen molar-refractivity contribution in [2.24, 2.45) is 5.92 Å². The smallest absolute Gasteiger partial charge is 0.317 e. The van der Waals surface area contributed by atoms with Gasteiger partial charge in [0.1, 0.15) is 17.5 Å². The van der Waals surface area contributed by atoms with Gasteiger partial charge in [-0.05, 0) is 54.6 Å². The van der Waals surface area contributed by atoms with Gasteiger partial charge in [-0.15, -0.1) is 11.3 Å². The second kappa shape index (κ2) is 10.3. The van der Waals surface area contributed by atoms with Crippen LogP contribution in [0, 0.1) is 11.7 Å². The number of rotatable bonds is 6. The number of anilines is 1. The molecular weight excluding hydrogens is 493 g/mol. The molecule has 1 aliphatic carbocycles. The lowest BCUT2D eigenvalue weighted by Crippen LogP contribution is -2.46. The van der Waals surface area contributed by atoms with Crippen molar-refractivity contribution in [3.63, 3.8) is 0 Å². The molecule has 2 heterocycles. The molecule has 190 valence electrons. The van der Waals surface area contributed by atoms with Gasteiger partial charge < -0.3 is 9.47 Å². The summed E-state index contributed by atoms with van der Waals surface area (Å²) in [6.45, 7) is 1.85. The third-order valence-electron chi connectivity index (χ3n) is 6.98. The number of carbonyl (C=O) groups is 3. The Morgan fingerprint density at radius 1 is 1.05 bits per heavy atom. The van der Waals surface area contributed by atoms with Crippen molar-refractivity contribution in [2.75, 3.05) is 18.6 Å². The van der Waals surface area contributed by atoms with E-state index in [1.165, 1.54) is 28.4 Å². The van der Waals surface area contributed by atoms with Crippen molar-refractivity contribution in [1.29, 1.82) is 0 Å². The fourth-order valence-corrected chi connectivity index (χ4v) is 6.20. The second-order valence-corrected chi connectivity index (χ2v) is 9.97. The average molecular weight is 520 g/mol. The Bertz CT molecular complexity index is 1370. The highest BCUT2D eigenvalue weighted by Gasteiger charge is 2.50. The van der Waals surface area contributed by atoms with Crippen LogP contribution in [0.2, 0.25) is 0 Å². The fourth-order valence-electron chi connectivity index (χ4n) is 5.34. The Balaban J connectivity index is 1.72. The highest BCUT2D eigenvalue weighted by molar-refractivity contribution is 7.10. The summed E-state index contributed by atoms with van der Waals surface area (Å²) in [5.41, 5.74) is 1.64. The maximum absolute atomic E-state index is 15.0. The predicted molar refractivity (Wildman–Crippen MR) is 138 cm³/mol. The highest BCUT2D eigenvalue weighted by Crippen LogP contribution is 2.50. The molecule has 3 aromatic rings. The van der Waals surface area contributed by atoms with E-state index in [1.54, 1.807) is 38.3 Å². The minimum atomic E-state index is -1.05. The van der Waals surface area contributed by atoms with Gasteiger partial charge in [0, 0.05) is 34.4 Å². The Morgan fingerprint density at radius 3 is 2.46 bits per heavy atom. The number of para-hydroxylation sites is 1. The molecule has 2 aliphatic rings. The number of carbonyl (C=O) groups excluding carboxylic acids is 3. The minimum Gasteiger partial charge on any atom is -0.497 e. The first-order valence-corrected chi connectivity index (χ1v) is 13.0.